The largest absolute Gasteiger partial charge is 0.472 e. The fraction of sp³-hybridized carbons (Fsp3) is 0.898. The second-order valence-electron chi connectivity index (χ2n) is 21.2. The van der Waals surface area contributed by atoms with Crippen molar-refractivity contribution in [2.75, 3.05) is 13.2 Å². The van der Waals surface area contributed by atoms with Crippen LogP contribution in [-0.2, 0) is 32.7 Å². The zero-order valence-corrected chi connectivity index (χ0v) is 47.3. The Morgan fingerprint density at radius 2 is 0.712 bits per heavy atom. The van der Waals surface area contributed by atoms with Crippen molar-refractivity contribution in [2.24, 2.45) is 0 Å². The van der Waals surface area contributed by atoms with E-state index in [1.54, 1.807) is 0 Å². The molecule has 14 heteroatoms. The summed E-state index contributed by atoms with van der Waals surface area (Å²) < 4.78 is 33.8. The zero-order chi connectivity index (χ0) is 53.5. The summed E-state index contributed by atoms with van der Waals surface area (Å²) in [5.41, 5.74) is 0. The van der Waals surface area contributed by atoms with Gasteiger partial charge in [0.1, 0.15) is 43.2 Å². The molecule has 0 aromatic rings. The van der Waals surface area contributed by atoms with E-state index >= 15 is 0 Å². The van der Waals surface area contributed by atoms with Gasteiger partial charge >= 0.3 is 19.8 Å². The van der Waals surface area contributed by atoms with E-state index in [1.165, 1.54) is 199 Å². The molecule has 0 aliphatic heterocycles. The second-order valence-corrected chi connectivity index (χ2v) is 22.6. The first kappa shape index (κ1) is 69.3. The van der Waals surface area contributed by atoms with Crippen LogP contribution in [0.25, 0.3) is 0 Å². The van der Waals surface area contributed by atoms with E-state index in [0.717, 1.165) is 38.5 Å². The van der Waals surface area contributed by atoms with Crippen LogP contribution < -0.4 is 0 Å². The van der Waals surface area contributed by atoms with Crippen molar-refractivity contribution in [2.45, 2.75) is 326 Å². The number of phosphoric acid groups is 1. The van der Waals surface area contributed by atoms with Crippen LogP contribution in [0.1, 0.15) is 284 Å². The third-order valence-electron chi connectivity index (χ3n) is 14.3. The number of hydrogen-bond acceptors (Lipinski definition) is 12. The summed E-state index contributed by atoms with van der Waals surface area (Å²) in [4.78, 5) is 36.0. The van der Waals surface area contributed by atoms with Crippen molar-refractivity contribution in [1.29, 1.82) is 0 Å². The highest BCUT2D eigenvalue weighted by molar-refractivity contribution is 7.47. The molecule has 8 atom stereocenters. The molecule has 0 spiro atoms. The van der Waals surface area contributed by atoms with Crippen LogP contribution in [0.3, 0.4) is 0 Å². The van der Waals surface area contributed by atoms with Gasteiger partial charge in [0.05, 0.1) is 6.61 Å². The molecule has 1 fully saturated rings. The van der Waals surface area contributed by atoms with E-state index < -0.39 is 75.7 Å². The Hall–Kier alpha value is -1.67. The standard InChI is InChI=1S/C59H111O13P/c1-3-5-7-9-11-13-15-17-19-21-23-25-26-28-29-31-33-35-37-39-41-43-45-47-52(60)69-49-51(50-70-73(67,68)72-59-57(65)55(63)54(62)56(64)58(59)66)71-53(61)48-46-44-42-40-38-36-34-32-30-27-24-22-20-18-16-14-12-10-8-6-4-2/h18,20,39,41,51,54-59,62-66H,3-17,19,21-38,40,42-50H2,1-2H3,(H,67,68)/b20-18+,41-39+/t51-,54?,55-,56?,57?,58?,59?/m0/s1. The summed E-state index contributed by atoms with van der Waals surface area (Å²) >= 11 is 0. The van der Waals surface area contributed by atoms with Crippen molar-refractivity contribution in [3.8, 4) is 0 Å². The van der Waals surface area contributed by atoms with Crippen LogP contribution in [0.15, 0.2) is 24.3 Å². The van der Waals surface area contributed by atoms with Crippen LogP contribution in [-0.4, -0.2) is 98.3 Å². The normalized spacial score (nSPS) is 20.5. The van der Waals surface area contributed by atoms with Gasteiger partial charge in [-0.15, -0.1) is 0 Å². The molecule has 1 aliphatic rings. The molecule has 1 saturated carbocycles. The molecule has 1 rings (SSSR count). The third-order valence-corrected chi connectivity index (χ3v) is 15.3. The molecule has 0 heterocycles. The molecule has 1 aliphatic carbocycles. The summed E-state index contributed by atoms with van der Waals surface area (Å²) in [6.45, 7) is 3.34. The van der Waals surface area contributed by atoms with E-state index in [0.29, 0.717) is 19.3 Å². The summed E-state index contributed by atoms with van der Waals surface area (Å²) in [7, 11) is -5.13. The number of carbonyl (C=O) groups excluding carboxylic acids is 2. The predicted octanol–water partition coefficient (Wildman–Crippen LogP) is 14.3. The molecule has 0 radical (unpaired) electrons. The number of allylic oxidation sites excluding steroid dienone is 4. The van der Waals surface area contributed by atoms with Gasteiger partial charge < -0.3 is 39.9 Å². The van der Waals surface area contributed by atoms with Gasteiger partial charge in [-0.25, -0.2) is 4.57 Å². The summed E-state index contributed by atoms with van der Waals surface area (Å²) in [5.74, 6) is -1.12. The minimum atomic E-state index is -5.13. The Bertz CT molecular complexity index is 1360. The maximum absolute atomic E-state index is 12.9. The lowest BCUT2D eigenvalue weighted by atomic mass is 9.85. The molecular weight excluding hydrogens is 948 g/mol. The number of phosphoric ester groups is 1. The van der Waals surface area contributed by atoms with Crippen LogP contribution >= 0.6 is 7.82 Å². The lowest BCUT2D eigenvalue weighted by Crippen LogP contribution is -2.64. The summed E-state index contributed by atoms with van der Waals surface area (Å²) in [6.07, 6.45) is 45.2. The van der Waals surface area contributed by atoms with E-state index in [-0.39, 0.29) is 12.8 Å². The Kier molecular flexibility index (Phi) is 46.2. The molecule has 6 unspecified atom stereocenters. The highest BCUT2D eigenvalue weighted by Crippen LogP contribution is 2.47. The lowest BCUT2D eigenvalue weighted by Gasteiger charge is -2.41. The second kappa shape index (κ2) is 48.7. The van der Waals surface area contributed by atoms with E-state index in [1.807, 2.05) is 0 Å². The minimum Gasteiger partial charge on any atom is -0.462 e. The van der Waals surface area contributed by atoms with E-state index in [4.69, 9.17) is 18.5 Å². The number of hydrogen-bond donors (Lipinski definition) is 6. The molecule has 430 valence electrons. The fourth-order valence-corrected chi connectivity index (χ4v) is 10.4. The zero-order valence-electron chi connectivity index (χ0n) is 46.5. The maximum atomic E-state index is 12.9. The third kappa shape index (κ3) is 40.2. The van der Waals surface area contributed by atoms with Crippen molar-refractivity contribution in [3.63, 3.8) is 0 Å². The van der Waals surface area contributed by atoms with Gasteiger partial charge in [-0.2, -0.15) is 0 Å². The maximum Gasteiger partial charge on any atom is 0.472 e. The smallest absolute Gasteiger partial charge is 0.462 e. The molecule has 13 nitrogen and oxygen atoms in total. The monoisotopic (exact) mass is 1060 g/mol. The SMILES string of the molecule is CCCCCCCC/C=C/CCCCCCCCCCCCCC(=O)O[C@@H](COC(=O)CCC/C=C/CCCCCCCCCCCCCCCCCCCC)COP(=O)(O)OC1C(O)C(O)C(O)[C@H](O)C1O. The molecule has 0 bridgehead atoms. The van der Waals surface area contributed by atoms with Crippen LogP contribution in [0.2, 0.25) is 0 Å². The van der Waals surface area contributed by atoms with Crippen molar-refractivity contribution >= 4 is 19.8 Å². The van der Waals surface area contributed by atoms with Gasteiger partial charge in [0, 0.05) is 12.8 Å². The summed E-state index contributed by atoms with van der Waals surface area (Å²) in [6, 6.07) is 0. The van der Waals surface area contributed by atoms with Crippen LogP contribution in [0.4, 0.5) is 0 Å². The van der Waals surface area contributed by atoms with Gasteiger partial charge in [0.2, 0.25) is 0 Å². The van der Waals surface area contributed by atoms with Gasteiger partial charge in [0.15, 0.2) is 6.10 Å². The average molecular weight is 1060 g/mol. The number of esters is 2. The average Bonchev–Trinajstić information content (AvgIpc) is 3.37. The fourth-order valence-electron chi connectivity index (χ4n) is 9.47. The number of unbranched alkanes of at least 4 members (excludes halogenated alkanes) is 36. The number of carbonyl (C=O) groups is 2. The minimum absolute atomic E-state index is 0.0936. The first-order chi connectivity index (χ1) is 35.4. The van der Waals surface area contributed by atoms with Crippen LogP contribution in [0, 0.1) is 0 Å². The molecular formula is C59H111O13P. The molecule has 73 heavy (non-hydrogen) atoms. The van der Waals surface area contributed by atoms with Crippen molar-refractivity contribution < 1.29 is 63.1 Å². The first-order valence-corrected chi connectivity index (χ1v) is 31.6. The number of rotatable bonds is 52. The quantitative estimate of drug-likeness (QED) is 0.0145. The highest BCUT2D eigenvalue weighted by atomic mass is 31.2. The summed E-state index contributed by atoms with van der Waals surface area (Å²) in [5, 5.41) is 50.4. The molecule has 6 N–H and O–H groups in total. The molecule has 0 amide bonds. The molecule has 0 aromatic carbocycles. The Labute approximate surface area is 445 Å². The topological polar surface area (TPSA) is 210 Å². The van der Waals surface area contributed by atoms with E-state index in [2.05, 4.69) is 38.2 Å². The first-order valence-electron chi connectivity index (χ1n) is 30.1. The number of aliphatic hydroxyl groups is 5. The van der Waals surface area contributed by atoms with E-state index in [9.17, 15) is 44.6 Å². The van der Waals surface area contributed by atoms with Gasteiger partial charge in [-0.05, 0) is 57.8 Å². The van der Waals surface area contributed by atoms with Crippen molar-refractivity contribution in [1.82, 2.24) is 0 Å². The van der Waals surface area contributed by atoms with Crippen molar-refractivity contribution in [3.05, 3.63) is 24.3 Å². The van der Waals surface area contributed by atoms with Gasteiger partial charge in [0.25, 0.3) is 0 Å². The number of aliphatic hydroxyl groups excluding tert-OH is 5. The predicted molar refractivity (Wildman–Crippen MR) is 295 cm³/mol. The Balaban J connectivity index is 2.32. The number of ether oxygens (including phenoxy) is 2. The lowest BCUT2D eigenvalue weighted by molar-refractivity contribution is -0.220. The molecule has 0 aromatic heterocycles. The highest BCUT2D eigenvalue weighted by Gasteiger charge is 2.51. The Morgan fingerprint density at radius 3 is 1.08 bits per heavy atom. The van der Waals surface area contributed by atoms with Gasteiger partial charge in [-0.1, -0.05) is 237 Å². The molecule has 0 saturated heterocycles. The van der Waals surface area contributed by atoms with Crippen LogP contribution in [0.5, 0.6) is 0 Å². The van der Waals surface area contributed by atoms with Gasteiger partial charge in [-0.3, -0.25) is 18.6 Å². The Morgan fingerprint density at radius 1 is 0.411 bits per heavy atom.